The van der Waals surface area contributed by atoms with Gasteiger partial charge in [0.2, 0.25) is 5.13 Å². The fourth-order valence-corrected chi connectivity index (χ4v) is 3.00. The first-order valence-electron chi connectivity index (χ1n) is 7.41. The molecule has 2 amide bonds. The molecule has 1 heterocycles. The third kappa shape index (κ3) is 4.13. The Morgan fingerprint density at radius 2 is 2.13 bits per heavy atom. The number of amides is 2. The number of halogens is 1. The van der Waals surface area contributed by atoms with Gasteiger partial charge in [-0.2, -0.15) is 0 Å². The molecule has 7 heteroatoms. The largest absolute Gasteiger partial charge is 0.324 e. The lowest BCUT2D eigenvalue weighted by Gasteiger charge is -2.19. The maximum absolute atomic E-state index is 12.9. The van der Waals surface area contributed by atoms with E-state index in [1.54, 1.807) is 23.1 Å². The van der Waals surface area contributed by atoms with Gasteiger partial charge in [-0.05, 0) is 30.5 Å². The van der Waals surface area contributed by atoms with Crippen molar-refractivity contribution in [3.8, 4) is 0 Å². The smallest absolute Gasteiger partial charge is 0.318 e. The van der Waals surface area contributed by atoms with Crippen LogP contribution >= 0.6 is 11.3 Å². The summed E-state index contributed by atoms with van der Waals surface area (Å²) in [6, 6.07) is 6.40. The van der Waals surface area contributed by atoms with Crippen molar-refractivity contribution in [2.45, 2.75) is 25.3 Å². The minimum atomic E-state index is -0.263. The van der Waals surface area contributed by atoms with Crippen LogP contribution in [-0.2, 0) is 6.42 Å². The molecule has 1 saturated carbocycles. The van der Waals surface area contributed by atoms with E-state index in [0.717, 1.165) is 23.4 Å². The highest BCUT2D eigenvalue weighted by molar-refractivity contribution is 7.15. The van der Waals surface area contributed by atoms with Crippen LogP contribution in [0.25, 0.3) is 0 Å². The van der Waals surface area contributed by atoms with Crippen molar-refractivity contribution >= 4 is 22.5 Å². The highest BCUT2D eigenvalue weighted by atomic mass is 32.1. The number of nitrogens with one attached hydrogen (secondary N) is 1. The van der Waals surface area contributed by atoms with Gasteiger partial charge in [0.15, 0.2) is 0 Å². The zero-order valence-corrected chi connectivity index (χ0v) is 13.4. The van der Waals surface area contributed by atoms with Crippen LogP contribution in [0.5, 0.6) is 0 Å². The Morgan fingerprint density at radius 3 is 2.78 bits per heavy atom. The number of anilines is 1. The molecule has 1 aromatic heterocycles. The van der Waals surface area contributed by atoms with E-state index in [1.807, 2.05) is 0 Å². The number of urea groups is 1. The SMILES string of the molecule is C=CCN(C(=O)Nc1nnc(Cc2ccc(F)cc2)s1)C1CC1. The van der Waals surface area contributed by atoms with Gasteiger partial charge in [0, 0.05) is 19.0 Å². The first-order chi connectivity index (χ1) is 11.2. The number of benzene rings is 1. The summed E-state index contributed by atoms with van der Waals surface area (Å²) in [6.45, 7) is 4.21. The predicted molar refractivity (Wildman–Crippen MR) is 88.1 cm³/mol. The first kappa shape index (κ1) is 15.6. The van der Waals surface area contributed by atoms with E-state index >= 15 is 0 Å². The van der Waals surface area contributed by atoms with E-state index in [1.165, 1.54) is 23.5 Å². The third-order valence-electron chi connectivity index (χ3n) is 3.52. The van der Waals surface area contributed by atoms with Crippen LogP contribution in [0.1, 0.15) is 23.4 Å². The van der Waals surface area contributed by atoms with Crippen molar-refractivity contribution in [2.75, 3.05) is 11.9 Å². The molecular weight excluding hydrogens is 315 g/mol. The van der Waals surface area contributed by atoms with Crippen molar-refractivity contribution in [2.24, 2.45) is 0 Å². The Morgan fingerprint density at radius 1 is 1.39 bits per heavy atom. The number of carbonyl (C=O) groups excluding carboxylic acids is 1. The summed E-state index contributed by atoms with van der Waals surface area (Å²) in [5.41, 5.74) is 0.951. The normalized spacial score (nSPS) is 13.6. The molecule has 5 nitrogen and oxygen atoms in total. The summed E-state index contributed by atoms with van der Waals surface area (Å²) in [5.74, 6) is -0.263. The van der Waals surface area contributed by atoms with Crippen LogP contribution in [0.3, 0.4) is 0 Å². The number of aromatic nitrogens is 2. The zero-order chi connectivity index (χ0) is 16.2. The highest BCUT2D eigenvalue weighted by Gasteiger charge is 2.32. The van der Waals surface area contributed by atoms with E-state index in [2.05, 4.69) is 22.1 Å². The van der Waals surface area contributed by atoms with Gasteiger partial charge < -0.3 is 4.90 Å². The summed E-state index contributed by atoms with van der Waals surface area (Å²) in [6.07, 6.45) is 4.35. The molecule has 0 atom stereocenters. The number of hydrogen-bond acceptors (Lipinski definition) is 4. The maximum Gasteiger partial charge on any atom is 0.324 e. The quantitative estimate of drug-likeness (QED) is 0.824. The molecule has 1 aliphatic rings. The topological polar surface area (TPSA) is 58.1 Å². The molecule has 23 heavy (non-hydrogen) atoms. The predicted octanol–water partition coefficient (Wildman–Crippen LogP) is 3.45. The van der Waals surface area contributed by atoms with Gasteiger partial charge >= 0.3 is 6.03 Å². The van der Waals surface area contributed by atoms with E-state index in [-0.39, 0.29) is 11.8 Å². The molecule has 1 aromatic carbocycles. The second-order valence-electron chi connectivity index (χ2n) is 5.41. The molecule has 0 bridgehead atoms. The Hall–Kier alpha value is -2.28. The molecule has 0 spiro atoms. The molecule has 1 aliphatic carbocycles. The van der Waals surface area contributed by atoms with E-state index < -0.39 is 0 Å². The van der Waals surface area contributed by atoms with Crippen LogP contribution in [0.4, 0.5) is 14.3 Å². The fraction of sp³-hybridized carbons (Fsp3) is 0.312. The number of carbonyl (C=O) groups is 1. The van der Waals surface area contributed by atoms with Crippen LogP contribution in [0.15, 0.2) is 36.9 Å². The lowest BCUT2D eigenvalue weighted by Crippen LogP contribution is -2.36. The van der Waals surface area contributed by atoms with Crippen molar-refractivity contribution in [1.82, 2.24) is 15.1 Å². The summed E-state index contributed by atoms with van der Waals surface area (Å²) >= 11 is 1.33. The molecular formula is C16H17FN4OS. The minimum absolute atomic E-state index is 0.170. The minimum Gasteiger partial charge on any atom is -0.318 e. The monoisotopic (exact) mass is 332 g/mol. The maximum atomic E-state index is 12.9. The average Bonchev–Trinajstić information content (AvgIpc) is 3.28. The van der Waals surface area contributed by atoms with E-state index in [0.29, 0.717) is 24.1 Å². The summed E-state index contributed by atoms with van der Waals surface area (Å²) < 4.78 is 12.9. The number of hydrogen-bond donors (Lipinski definition) is 1. The summed E-state index contributed by atoms with van der Waals surface area (Å²) in [7, 11) is 0. The molecule has 0 unspecified atom stereocenters. The lowest BCUT2D eigenvalue weighted by molar-refractivity contribution is 0.214. The van der Waals surface area contributed by atoms with Gasteiger partial charge in [-0.1, -0.05) is 29.5 Å². The zero-order valence-electron chi connectivity index (χ0n) is 12.5. The van der Waals surface area contributed by atoms with Gasteiger partial charge in [0.25, 0.3) is 0 Å². The van der Waals surface area contributed by atoms with E-state index in [9.17, 15) is 9.18 Å². The Kier molecular flexibility index (Phi) is 4.66. The van der Waals surface area contributed by atoms with Crippen LogP contribution in [0.2, 0.25) is 0 Å². The Bertz CT molecular complexity index is 696. The molecule has 1 N–H and O–H groups in total. The summed E-state index contributed by atoms with van der Waals surface area (Å²) in [4.78, 5) is 14.0. The molecule has 0 aliphatic heterocycles. The van der Waals surface area contributed by atoms with Gasteiger partial charge in [0.05, 0.1) is 0 Å². The van der Waals surface area contributed by atoms with E-state index in [4.69, 9.17) is 0 Å². The first-order valence-corrected chi connectivity index (χ1v) is 8.22. The van der Waals surface area contributed by atoms with Crippen LogP contribution < -0.4 is 5.32 Å². The summed E-state index contributed by atoms with van der Waals surface area (Å²) in [5, 5.41) is 12.1. The molecule has 2 aromatic rings. The number of nitrogens with zero attached hydrogens (tertiary/aromatic N) is 3. The standard InChI is InChI=1S/C16H17FN4OS/c1-2-9-21(13-7-8-13)16(22)18-15-20-19-14(23-15)10-11-3-5-12(17)6-4-11/h2-6,13H,1,7-10H2,(H,18,20,22). The van der Waals surface area contributed by atoms with Gasteiger partial charge in [0.1, 0.15) is 10.8 Å². The van der Waals surface area contributed by atoms with Gasteiger partial charge in [-0.15, -0.1) is 16.8 Å². The molecule has 3 rings (SSSR count). The Labute approximate surface area is 137 Å². The third-order valence-corrected chi connectivity index (χ3v) is 4.36. The van der Waals surface area contributed by atoms with Crippen LogP contribution in [0, 0.1) is 5.82 Å². The van der Waals surface area contributed by atoms with Crippen molar-refractivity contribution < 1.29 is 9.18 Å². The van der Waals surface area contributed by atoms with Gasteiger partial charge in [-0.3, -0.25) is 5.32 Å². The molecule has 120 valence electrons. The Balaban J connectivity index is 1.61. The number of rotatable bonds is 6. The fourth-order valence-electron chi connectivity index (χ4n) is 2.24. The van der Waals surface area contributed by atoms with Gasteiger partial charge in [-0.25, -0.2) is 9.18 Å². The van der Waals surface area contributed by atoms with Crippen molar-refractivity contribution in [1.29, 1.82) is 0 Å². The average molecular weight is 332 g/mol. The van der Waals surface area contributed by atoms with Crippen molar-refractivity contribution in [3.05, 3.63) is 53.3 Å². The molecule has 0 radical (unpaired) electrons. The second-order valence-corrected chi connectivity index (χ2v) is 6.47. The molecule has 1 fully saturated rings. The molecule has 0 saturated heterocycles. The highest BCUT2D eigenvalue weighted by Crippen LogP contribution is 2.28. The van der Waals surface area contributed by atoms with Crippen molar-refractivity contribution in [3.63, 3.8) is 0 Å². The second kappa shape index (κ2) is 6.87. The van der Waals surface area contributed by atoms with Crippen LogP contribution in [-0.4, -0.2) is 33.7 Å². The lowest BCUT2D eigenvalue weighted by atomic mass is 10.2.